The first-order valence-electron chi connectivity index (χ1n) is 12.3. The number of carbonyl (C=O) groups excluding carboxylic acids is 1. The summed E-state index contributed by atoms with van der Waals surface area (Å²) in [6.45, 7) is 7.41. The highest BCUT2D eigenvalue weighted by Crippen LogP contribution is 2.27. The number of hydrogen-bond acceptors (Lipinski definition) is 4. The first-order chi connectivity index (χ1) is 17.0. The van der Waals surface area contributed by atoms with Gasteiger partial charge in [0.15, 0.2) is 0 Å². The second-order valence-electron chi connectivity index (χ2n) is 9.61. The van der Waals surface area contributed by atoms with E-state index in [1.165, 1.54) is 16.0 Å². The highest BCUT2D eigenvalue weighted by molar-refractivity contribution is 7.09. The molecule has 1 fully saturated rings. The standard InChI is InChI=1S/C29H33N3O2S/c1-20-21(2)30-28-26(20)10-5-11-27(28)29(33)32-14-12-23(13-15-32)34-24-8-4-7-22(17-24)18-31(3)19-25-9-6-16-35-25/h4-11,16-17,23,30H,12-15,18-19H2,1-3H3. The van der Waals surface area contributed by atoms with Crippen LogP contribution in [0.3, 0.4) is 0 Å². The third-order valence-corrected chi connectivity index (χ3v) is 7.82. The summed E-state index contributed by atoms with van der Waals surface area (Å²) >= 11 is 1.79. The van der Waals surface area contributed by atoms with Gasteiger partial charge in [0.05, 0.1) is 11.1 Å². The number of likely N-dealkylation sites (tertiary alicyclic amines) is 1. The normalized spacial score (nSPS) is 14.7. The summed E-state index contributed by atoms with van der Waals surface area (Å²) in [4.78, 5) is 22.4. The van der Waals surface area contributed by atoms with Crippen LogP contribution in [0.15, 0.2) is 60.0 Å². The molecule has 0 spiro atoms. The van der Waals surface area contributed by atoms with Gasteiger partial charge in [0.1, 0.15) is 11.9 Å². The number of carbonyl (C=O) groups is 1. The molecular formula is C29H33N3O2S. The molecular weight excluding hydrogens is 454 g/mol. The Kier molecular flexibility index (Phi) is 6.93. The van der Waals surface area contributed by atoms with Crippen molar-refractivity contribution in [2.75, 3.05) is 20.1 Å². The van der Waals surface area contributed by atoms with Crippen molar-refractivity contribution < 1.29 is 9.53 Å². The number of ether oxygens (including phenoxy) is 1. The molecule has 1 saturated heterocycles. The summed E-state index contributed by atoms with van der Waals surface area (Å²) in [5, 5.41) is 3.26. The van der Waals surface area contributed by atoms with E-state index in [2.05, 4.69) is 72.6 Å². The number of fused-ring (bicyclic) bond motifs is 1. The molecule has 3 heterocycles. The van der Waals surface area contributed by atoms with Crippen LogP contribution < -0.4 is 4.74 Å². The second-order valence-corrected chi connectivity index (χ2v) is 10.6. The van der Waals surface area contributed by atoms with Crippen molar-refractivity contribution in [2.24, 2.45) is 0 Å². The van der Waals surface area contributed by atoms with Crippen LogP contribution in [0.4, 0.5) is 0 Å². The molecule has 5 rings (SSSR count). The van der Waals surface area contributed by atoms with Crippen molar-refractivity contribution in [3.05, 3.63) is 87.2 Å². The Morgan fingerprint density at radius 1 is 1.09 bits per heavy atom. The predicted molar refractivity (Wildman–Crippen MR) is 143 cm³/mol. The number of benzene rings is 2. The Morgan fingerprint density at radius 2 is 1.89 bits per heavy atom. The van der Waals surface area contributed by atoms with E-state index in [1.54, 1.807) is 11.3 Å². The number of rotatable bonds is 7. The topological polar surface area (TPSA) is 48.6 Å². The summed E-state index contributed by atoms with van der Waals surface area (Å²) in [7, 11) is 2.15. The third-order valence-electron chi connectivity index (χ3n) is 6.96. The average Bonchev–Trinajstić information content (AvgIpc) is 3.47. The first-order valence-corrected chi connectivity index (χ1v) is 13.2. The number of hydrogen-bond donors (Lipinski definition) is 1. The van der Waals surface area contributed by atoms with Crippen molar-refractivity contribution in [3.8, 4) is 5.75 Å². The van der Waals surface area contributed by atoms with Crippen molar-refractivity contribution in [1.82, 2.24) is 14.8 Å². The maximum absolute atomic E-state index is 13.3. The van der Waals surface area contributed by atoms with Crippen LogP contribution in [0, 0.1) is 13.8 Å². The van der Waals surface area contributed by atoms with Gasteiger partial charge < -0.3 is 14.6 Å². The summed E-state index contributed by atoms with van der Waals surface area (Å²) in [5.41, 5.74) is 5.29. The lowest BCUT2D eigenvalue weighted by Crippen LogP contribution is -2.41. The number of aryl methyl sites for hydroxylation is 2. The molecule has 1 aliphatic heterocycles. The summed E-state index contributed by atoms with van der Waals surface area (Å²) in [6.07, 6.45) is 1.81. The van der Waals surface area contributed by atoms with Crippen LogP contribution >= 0.6 is 11.3 Å². The van der Waals surface area contributed by atoms with Crippen LogP contribution in [0.1, 0.15) is 44.9 Å². The van der Waals surface area contributed by atoms with Crippen LogP contribution in [-0.2, 0) is 13.1 Å². The summed E-state index contributed by atoms with van der Waals surface area (Å²) in [5.74, 6) is 1.02. The van der Waals surface area contributed by atoms with Gasteiger partial charge in [-0.25, -0.2) is 0 Å². The molecule has 0 aliphatic carbocycles. The zero-order valence-corrected chi connectivity index (χ0v) is 21.5. The SMILES string of the molecule is Cc1[nH]c2c(C(=O)N3CCC(Oc4cccc(CN(C)Cc5cccs5)c4)CC3)cccc2c1C. The van der Waals surface area contributed by atoms with E-state index in [9.17, 15) is 4.79 Å². The van der Waals surface area contributed by atoms with E-state index in [4.69, 9.17) is 4.74 Å². The summed E-state index contributed by atoms with van der Waals surface area (Å²) < 4.78 is 6.35. The highest BCUT2D eigenvalue weighted by Gasteiger charge is 2.26. The van der Waals surface area contributed by atoms with Crippen LogP contribution in [0.2, 0.25) is 0 Å². The second kappa shape index (κ2) is 10.3. The van der Waals surface area contributed by atoms with Gasteiger partial charge in [-0.3, -0.25) is 9.69 Å². The quantitative estimate of drug-likeness (QED) is 0.340. The van der Waals surface area contributed by atoms with Gasteiger partial charge in [-0.05, 0) is 61.7 Å². The number of para-hydroxylation sites is 1. The fourth-order valence-electron chi connectivity index (χ4n) is 4.95. The maximum atomic E-state index is 13.3. The number of amides is 1. The first kappa shape index (κ1) is 23.6. The number of thiophene rings is 1. The number of nitrogens with one attached hydrogen (secondary N) is 1. The van der Waals surface area contributed by atoms with Gasteiger partial charge in [0, 0.05) is 55.0 Å². The van der Waals surface area contributed by atoms with Gasteiger partial charge in [-0.15, -0.1) is 11.3 Å². The molecule has 182 valence electrons. The molecule has 5 nitrogen and oxygen atoms in total. The van der Waals surface area contributed by atoms with Crippen molar-refractivity contribution >= 4 is 28.1 Å². The predicted octanol–water partition coefficient (Wildman–Crippen LogP) is 6.16. The molecule has 1 N–H and O–H groups in total. The molecule has 0 radical (unpaired) electrons. The van der Waals surface area contributed by atoms with Gasteiger partial charge in [0.2, 0.25) is 0 Å². The lowest BCUT2D eigenvalue weighted by molar-refractivity contribution is 0.0597. The lowest BCUT2D eigenvalue weighted by atomic mass is 10.0. The molecule has 35 heavy (non-hydrogen) atoms. The molecule has 1 amide bonds. The van der Waals surface area contributed by atoms with E-state index in [0.717, 1.165) is 53.8 Å². The van der Waals surface area contributed by atoms with Crippen molar-refractivity contribution in [1.29, 1.82) is 0 Å². The Hall–Kier alpha value is -3.09. The molecule has 6 heteroatoms. The van der Waals surface area contributed by atoms with Crippen molar-refractivity contribution in [2.45, 2.75) is 45.9 Å². The Labute approximate surface area is 211 Å². The molecule has 0 bridgehead atoms. The fourth-order valence-corrected chi connectivity index (χ4v) is 5.74. The Bertz CT molecular complexity index is 1300. The zero-order chi connectivity index (χ0) is 24.4. The largest absolute Gasteiger partial charge is 0.490 e. The lowest BCUT2D eigenvalue weighted by Gasteiger charge is -2.32. The van der Waals surface area contributed by atoms with Crippen LogP contribution in [-0.4, -0.2) is 46.9 Å². The van der Waals surface area contributed by atoms with Crippen LogP contribution in [0.5, 0.6) is 5.75 Å². The van der Waals surface area contributed by atoms with E-state index in [0.29, 0.717) is 13.1 Å². The molecule has 0 unspecified atom stereocenters. The van der Waals surface area contributed by atoms with Gasteiger partial charge in [-0.2, -0.15) is 0 Å². The van der Waals surface area contributed by atoms with Crippen molar-refractivity contribution in [3.63, 3.8) is 0 Å². The Balaban J connectivity index is 1.17. The molecule has 2 aromatic heterocycles. The van der Waals surface area contributed by atoms with Gasteiger partial charge in [0.25, 0.3) is 5.91 Å². The number of aromatic amines is 1. The van der Waals surface area contributed by atoms with E-state index in [1.807, 2.05) is 23.1 Å². The molecule has 1 aliphatic rings. The fraction of sp³-hybridized carbons (Fsp3) is 0.345. The minimum atomic E-state index is 0.103. The smallest absolute Gasteiger partial charge is 0.255 e. The molecule has 0 atom stereocenters. The minimum absolute atomic E-state index is 0.103. The van der Waals surface area contributed by atoms with E-state index >= 15 is 0 Å². The number of piperidine rings is 1. The highest BCUT2D eigenvalue weighted by atomic mass is 32.1. The monoisotopic (exact) mass is 487 g/mol. The van der Waals surface area contributed by atoms with Crippen LogP contribution in [0.25, 0.3) is 10.9 Å². The Morgan fingerprint density at radius 3 is 2.66 bits per heavy atom. The average molecular weight is 488 g/mol. The molecule has 0 saturated carbocycles. The molecule has 2 aromatic carbocycles. The minimum Gasteiger partial charge on any atom is -0.490 e. The summed E-state index contributed by atoms with van der Waals surface area (Å²) in [6, 6.07) is 18.7. The number of H-pyrrole nitrogens is 1. The maximum Gasteiger partial charge on any atom is 0.255 e. The molecule has 4 aromatic rings. The number of nitrogens with zero attached hydrogens (tertiary/aromatic N) is 2. The van der Waals surface area contributed by atoms with Gasteiger partial charge >= 0.3 is 0 Å². The number of aromatic nitrogens is 1. The van der Waals surface area contributed by atoms with E-state index < -0.39 is 0 Å². The van der Waals surface area contributed by atoms with E-state index in [-0.39, 0.29) is 12.0 Å². The third kappa shape index (κ3) is 5.29. The van der Waals surface area contributed by atoms with Gasteiger partial charge in [-0.1, -0.05) is 30.3 Å². The zero-order valence-electron chi connectivity index (χ0n) is 20.7.